The van der Waals surface area contributed by atoms with E-state index in [0.717, 1.165) is 56.3 Å². The minimum absolute atomic E-state index is 0.0736. The first kappa shape index (κ1) is 34.4. The lowest BCUT2D eigenvalue weighted by molar-refractivity contribution is -0.144. The highest BCUT2D eigenvalue weighted by molar-refractivity contribution is 5.79. The van der Waals surface area contributed by atoms with Gasteiger partial charge in [0, 0.05) is 44.3 Å². The van der Waals surface area contributed by atoms with E-state index in [0.29, 0.717) is 25.0 Å². The lowest BCUT2D eigenvalue weighted by Gasteiger charge is -2.30. The number of unbranched alkanes of at least 4 members (excludes halogenated alkanes) is 2. The van der Waals surface area contributed by atoms with E-state index in [-0.39, 0.29) is 18.5 Å². The highest BCUT2D eigenvalue weighted by atomic mass is 16.5. The van der Waals surface area contributed by atoms with Gasteiger partial charge in [-0.05, 0) is 88.5 Å². The Morgan fingerprint density at radius 2 is 1.50 bits per heavy atom. The van der Waals surface area contributed by atoms with Gasteiger partial charge in [-0.15, -0.1) is 0 Å². The molecule has 1 aromatic heterocycles. The molecular formula is C37H48N2O5. The molecule has 0 fully saturated rings. The second-order valence-electron chi connectivity index (χ2n) is 11.6. The topological polar surface area (TPSA) is 86.6 Å². The third-order valence-corrected chi connectivity index (χ3v) is 7.68. The number of carbonyl (C=O) groups is 3. The van der Waals surface area contributed by atoms with Gasteiger partial charge in [0.05, 0.1) is 5.54 Å². The molecule has 3 rings (SSSR count). The molecule has 0 saturated carbocycles. The number of amides is 1. The number of ether oxygens (including phenoxy) is 2. The number of benzene rings is 2. The molecule has 7 heteroatoms. The second-order valence-corrected chi connectivity index (χ2v) is 11.6. The van der Waals surface area contributed by atoms with E-state index in [4.69, 9.17) is 9.47 Å². The standard InChI is InChI=1S/C37H48N2O5/c1-5-39-27-25-33(34(39)24-26-37(4,38-29(2)40)28-43-30(3)41)35(22-14-12-20-31-16-8-6-9-17-31)44-36(42)23-15-13-21-32-18-10-7-11-19-32/h6-11,16-19,22,25,27H,5,12-15,20-21,23-24,26,28H2,1-4H3,(H,38,40)/b35-22-/t37-/m1/s1. The zero-order chi connectivity index (χ0) is 31.8. The number of esters is 2. The van der Waals surface area contributed by atoms with Crippen LogP contribution in [-0.4, -0.2) is 34.6 Å². The number of carbonyl (C=O) groups excluding carboxylic acids is 3. The van der Waals surface area contributed by atoms with E-state index in [2.05, 4.69) is 41.1 Å². The quantitative estimate of drug-likeness (QED) is 0.0947. The van der Waals surface area contributed by atoms with Crippen LogP contribution in [-0.2, 0) is 49.7 Å². The van der Waals surface area contributed by atoms with Gasteiger partial charge in [-0.2, -0.15) is 0 Å². The van der Waals surface area contributed by atoms with Crippen LogP contribution in [0, 0.1) is 0 Å². The van der Waals surface area contributed by atoms with Crippen molar-refractivity contribution in [3.63, 3.8) is 0 Å². The van der Waals surface area contributed by atoms with Crippen LogP contribution in [0.3, 0.4) is 0 Å². The largest absolute Gasteiger partial charge is 0.463 e. The zero-order valence-electron chi connectivity index (χ0n) is 26.8. The van der Waals surface area contributed by atoms with Crippen LogP contribution < -0.4 is 5.32 Å². The molecule has 2 aromatic carbocycles. The Kier molecular flexibility index (Phi) is 13.9. The molecule has 1 N–H and O–H groups in total. The molecule has 1 atom stereocenters. The molecule has 1 heterocycles. The molecule has 44 heavy (non-hydrogen) atoms. The maximum absolute atomic E-state index is 13.1. The zero-order valence-corrected chi connectivity index (χ0v) is 26.8. The van der Waals surface area contributed by atoms with Gasteiger partial charge in [0.2, 0.25) is 5.91 Å². The molecule has 0 aliphatic carbocycles. The molecule has 0 aliphatic rings. The van der Waals surface area contributed by atoms with Crippen molar-refractivity contribution >= 4 is 23.6 Å². The molecule has 236 valence electrons. The van der Waals surface area contributed by atoms with Crippen molar-refractivity contribution in [2.75, 3.05) is 6.61 Å². The van der Waals surface area contributed by atoms with E-state index in [9.17, 15) is 14.4 Å². The summed E-state index contributed by atoms with van der Waals surface area (Å²) in [5, 5.41) is 2.96. The van der Waals surface area contributed by atoms with Crippen molar-refractivity contribution in [3.8, 4) is 0 Å². The number of allylic oxidation sites excluding steroid dienone is 1. The summed E-state index contributed by atoms with van der Waals surface area (Å²) in [6.45, 7) is 7.59. The highest BCUT2D eigenvalue weighted by Gasteiger charge is 2.28. The van der Waals surface area contributed by atoms with Crippen molar-refractivity contribution in [2.45, 2.75) is 97.6 Å². The number of hydrogen-bond acceptors (Lipinski definition) is 5. The monoisotopic (exact) mass is 600 g/mol. The molecule has 7 nitrogen and oxygen atoms in total. The fourth-order valence-corrected chi connectivity index (χ4v) is 5.36. The Labute approximate surface area is 262 Å². The minimum Gasteiger partial charge on any atom is -0.463 e. The first-order valence-corrected chi connectivity index (χ1v) is 15.8. The molecule has 0 unspecified atom stereocenters. The Morgan fingerprint density at radius 3 is 2.09 bits per heavy atom. The van der Waals surface area contributed by atoms with Crippen molar-refractivity contribution in [2.24, 2.45) is 0 Å². The number of rotatable bonds is 18. The first-order chi connectivity index (χ1) is 21.2. The Hall–Kier alpha value is -4.13. The third kappa shape index (κ3) is 11.9. The number of nitrogens with one attached hydrogen (secondary N) is 1. The molecule has 0 radical (unpaired) electrons. The molecule has 0 aliphatic heterocycles. The van der Waals surface area contributed by atoms with Gasteiger partial charge < -0.3 is 19.4 Å². The van der Waals surface area contributed by atoms with Crippen molar-refractivity contribution in [1.29, 1.82) is 0 Å². The predicted molar refractivity (Wildman–Crippen MR) is 175 cm³/mol. The van der Waals surface area contributed by atoms with Crippen LogP contribution in [0.25, 0.3) is 5.76 Å². The Morgan fingerprint density at radius 1 is 0.864 bits per heavy atom. The van der Waals surface area contributed by atoms with Crippen LogP contribution in [0.15, 0.2) is 79.0 Å². The third-order valence-electron chi connectivity index (χ3n) is 7.68. The van der Waals surface area contributed by atoms with Crippen LogP contribution in [0.5, 0.6) is 0 Å². The normalized spacial score (nSPS) is 12.8. The lowest BCUT2D eigenvalue weighted by Crippen LogP contribution is -2.49. The summed E-state index contributed by atoms with van der Waals surface area (Å²) in [6, 6.07) is 22.7. The summed E-state index contributed by atoms with van der Waals surface area (Å²) >= 11 is 0. The summed E-state index contributed by atoms with van der Waals surface area (Å²) in [7, 11) is 0. The number of aromatic nitrogens is 1. The molecule has 0 bridgehead atoms. The molecule has 0 spiro atoms. The van der Waals surface area contributed by atoms with E-state index in [1.165, 1.54) is 25.0 Å². The van der Waals surface area contributed by atoms with E-state index >= 15 is 0 Å². The van der Waals surface area contributed by atoms with E-state index in [1.807, 2.05) is 61.7 Å². The first-order valence-electron chi connectivity index (χ1n) is 15.8. The van der Waals surface area contributed by atoms with Crippen LogP contribution in [0.2, 0.25) is 0 Å². The summed E-state index contributed by atoms with van der Waals surface area (Å²) < 4.78 is 13.5. The summed E-state index contributed by atoms with van der Waals surface area (Å²) in [5.74, 6) is -0.239. The van der Waals surface area contributed by atoms with Crippen molar-refractivity contribution in [3.05, 3.63) is 101 Å². The molecule has 0 saturated heterocycles. The summed E-state index contributed by atoms with van der Waals surface area (Å²) in [6.07, 6.45) is 10.7. The maximum Gasteiger partial charge on any atom is 0.311 e. The van der Waals surface area contributed by atoms with Gasteiger partial charge in [-0.3, -0.25) is 14.4 Å². The van der Waals surface area contributed by atoms with Gasteiger partial charge in [0.1, 0.15) is 12.4 Å². The van der Waals surface area contributed by atoms with E-state index < -0.39 is 11.5 Å². The van der Waals surface area contributed by atoms with Crippen molar-refractivity contribution < 1.29 is 23.9 Å². The van der Waals surface area contributed by atoms with Gasteiger partial charge in [0.15, 0.2) is 0 Å². The number of hydrogen-bond donors (Lipinski definition) is 1. The fourth-order valence-electron chi connectivity index (χ4n) is 5.36. The highest BCUT2D eigenvalue weighted by Crippen LogP contribution is 2.27. The predicted octanol–water partition coefficient (Wildman–Crippen LogP) is 7.22. The van der Waals surface area contributed by atoms with Crippen LogP contribution in [0.4, 0.5) is 0 Å². The van der Waals surface area contributed by atoms with Crippen LogP contribution in [0.1, 0.15) is 88.6 Å². The van der Waals surface area contributed by atoms with Gasteiger partial charge >= 0.3 is 11.9 Å². The van der Waals surface area contributed by atoms with Crippen LogP contribution >= 0.6 is 0 Å². The number of aryl methyl sites for hydroxylation is 3. The summed E-state index contributed by atoms with van der Waals surface area (Å²) in [4.78, 5) is 36.6. The minimum atomic E-state index is -0.743. The maximum atomic E-state index is 13.1. The van der Waals surface area contributed by atoms with Crippen molar-refractivity contribution in [1.82, 2.24) is 9.88 Å². The number of nitrogens with zero attached hydrogens (tertiary/aromatic N) is 1. The lowest BCUT2D eigenvalue weighted by atomic mass is 9.94. The van der Waals surface area contributed by atoms with E-state index in [1.54, 1.807) is 0 Å². The Balaban J connectivity index is 1.76. The average molecular weight is 601 g/mol. The molecular weight excluding hydrogens is 552 g/mol. The Bertz CT molecular complexity index is 1360. The SMILES string of the molecule is CCn1ccc(/C(=C/CCCc2ccccc2)OC(=O)CCCCc2ccccc2)c1CC[C@](C)(COC(C)=O)NC(C)=O. The molecule has 1 amide bonds. The van der Waals surface area contributed by atoms with Gasteiger partial charge in [-0.25, -0.2) is 0 Å². The second kappa shape index (κ2) is 17.9. The fraction of sp³-hybridized carbons (Fsp3) is 0.432. The van der Waals surface area contributed by atoms with Gasteiger partial charge in [0.25, 0.3) is 0 Å². The van der Waals surface area contributed by atoms with Gasteiger partial charge in [-0.1, -0.05) is 60.7 Å². The molecule has 3 aromatic rings. The average Bonchev–Trinajstić information content (AvgIpc) is 3.42. The summed E-state index contributed by atoms with van der Waals surface area (Å²) in [5.41, 5.74) is 3.69. The smallest absolute Gasteiger partial charge is 0.311 e.